The molecule has 0 atom stereocenters. The first-order chi connectivity index (χ1) is 11.3. The summed E-state index contributed by atoms with van der Waals surface area (Å²) in [5, 5.41) is 3.73. The van der Waals surface area contributed by atoms with Gasteiger partial charge < -0.3 is 9.42 Å². The fraction of sp³-hybridized carbons (Fsp3) is 0.625. The molecule has 1 fully saturated rings. The van der Waals surface area contributed by atoms with Gasteiger partial charge in [0.1, 0.15) is 10.6 Å². The van der Waals surface area contributed by atoms with Crippen LogP contribution in [0.15, 0.2) is 21.1 Å². The topological polar surface area (TPSA) is 83.7 Å². The zero-order valence-corrected chi connectivity index (χ0v) is 15.5. The van der Waals surface area contributed by atoms with Gasteiger partial charge in [-0.1, -0.05) is 18.2 Å². The monoisotopic (exact) mass is 355 g/mol. The second kappa shape index (κ2) is 7.48. The standard InChI is InChI=1S/C16H25N3O4S/c1-5-7-12(2)16(20)18-8-6-9-19(11-10-18)24(21,22)15-13(3)17-23-14(15)4/h7H,5-6,8-11H2,1-4H3/b12-7+. The largest absolute Gasteiger partial charge is 0.360 e. The Kier molecular flexibility index (Phi) is 5.82. The molecule has 1 amide bonds. The second-order valence-corrected chi connectivity index (χ2v) is 7.87. The number of aryl methyl sites for hydroxylation is 2. The van der Waals surface area contributed by atoms with Gasteiger partial charge >= 0.3 is 0 Å². The van der Waals surface area contributed by atoms with Gasteiger partial charge in [0.25, 0.3) is 0 Å². The predicted octanol–water partition coefficient (Wildman–Crippen LogP) is 1.87. The minimum absolute atomic E-state index is 0.0200. The molecule has 2 heterocycles. The van der Waals surface area contributed by atoms with Gasteiger partial charge in [0.15, 0.2) is 5.76 Å². The highest BCUT2D eigenvalue weighted by atomic mass is 32.2. The van der Waals surface area contributed by atoms with Crippen molar-refractivity contribution in [3.05, 3.63) is 23.1 Å². The van der Waals surface area contributed by atoms with Crippen LogP contribution < -0.4 is 0 Å². The zero-order valence-electron chi connectivity index (χ0n) is 14.7. The first kappa shape index (κ1) is 18.7. The van der Waals surface area contributed by atoms with E-state index >= 15 is 0 Å². The summed E-state index contributed by atoms with van der Waals surface area (Å²) in [4.78, 5) is 14.3. The average molecular weight is 355 g/mol. The number of hydrogen-bond acceptors (Lipinski definition) is 5. The second-order valence-electron chi connectivity index (χ2n) is 6.00. The van der Waals surface area contributed by atoms with Gasteiger partial charge in [0.05, 0.1) is 0 Å². The third-order valence-electron chi connectivity index (χ3n) is 4.16. The number of amides is 1. The lowest BCUT2D eigenvalue weighted by Crippen LogP contribution is -2.37. The summed E-state index contributed by atoms with van der Waals surface area (Å²) in [6, 6.07) is 0. The Morgan fingerprint density at radius 1 is 1.25 bits per heavy atom. The molecule has 1 saturated heterocycles. The molecule has 2 rings (SSSR count). The van der Waals surface area contributed by atoms with Crippen molar-refractivity contribution in [1.82, 2.24) is 14.4 Å². The number of rotatable bonds is 4. The third kappa shape index (κ3) is 3.70. The molecule has 1 aromatic heterocycles. The van der Waals surface area contributed by atoms with E-state index in [1.54, 1.807) is 25.7 Å². The summed E-state index contributed by atoms with van der Waals surface area (Å²) in [5.74, 6) is 0.278. The fourth-order valence-corrected chi connectivity index (χ4v) is 4.71. The van der Waals surface area contributed by atoms with E-state index in [4.69, 9.17) is 4.52 Å². The lowest BCUT2D eigenvalue weighted by atomic mass is 10.2. The van der Waals surface area contributed by atoms with Gasteiger partial charge in [-0.05, 0) is 33.6 Å². The normalized spacial score (nSPS) is 17.8. The molecule has 1 aliphatic heterocycles. The van der Waals surface area contributed by atoms with Crippen LogP contribution in [0.2, 0.25) is 0 Å². The third-order valence-corrected chi connectivity index (χ3v) is 6.30. The summed E-state index contributed by atoms with van der Waals surface area (Å²) in [6.07, 6.45) is 3.30. The molecule has 0 radical (unpaired) electrons. The van der Waals surface area contributed by atoms with Crippen molar-refractivity contribution in [2.45, 2.75) is 45.4 Å². The Bertz CT molecular complexity index is 717. The Morgan fingerprint density at radius 3 is 2.54 bits per heavy atom. The van der Waals surface area contributed by atoms with Crippen LogP contribution in [0.4, 0.5) is 0 Å². The van der Waals surface area contributed by atoms with Crippen LogP contribution in [0.5, 0.6) is 0 Å². The quantitative estimate of drug-likeness (QED) is 0.770. The Hall–Kier alpha value is -1.67. The SMILES string of the molecule is CC/C=C(\C)C(=O)N1CCCN(S(=O)(=O)c2c(C)noc2C)CC1. The Morgan fingerprint density at radius 2 is 1.96 bits per heavy atom. The maximum atomic E-state index is 12.9. The van der Waals surface area contributed by atoms with Gasteiger partial charge in [0, 0.05) is 31.8 Å². The van der Waals surface area contributed by atoms with E-state index in [2.05, 4.69) is 5.16 Å². The summed E-state index contributed by atoms with van der Waals surface area (Å²) in [5.41, 5.74) is 1.07. The molecule has 0 unspecified atom stereocenters. The molecule has 1 aliphatic rings. The predicted molar refractivity (Wildman–Crippen MR) is 90.0 cm³/mol. The number of sulfonamides is 1. The summed E-state index contributed by atoms with van der Waals surface area (Å²) in [7, 11) is -3.66. The van der Waals surface area contributed by atoms with Crippen LogP contribution in [0.3, 0.4) is 0 Å². The lowest BCUT2D eigenvalue weighted by Gasteiger charge is -2.22. The van der Waals surface area contributed by atoms with Crippen LogP contribution in [-0.4, -0.2) is 54.9 Å². The number of hydrogen-bond donors (Lipinski definition) is 0. The van der Waals surface area contributed by atoms with E-state index in [9.17, 15) is 13.2 Å². The van der Waals surface area contributed by atoms with Gasteiger partial charge in [-0.3, -0.25) is 4.79 Å². The van der Waals surface area contributed by atoms with E-state index in [0.29, 0.717) is 43.1 Å². The minimum Gasteiger partial charge on any atom is -0.360 e. The van der Waals surface area contributed by atoms with E-state index in [-0.39, 0.29) is 17.3 Å². The van der Waals surface area contributed by atoms with Crippen molar-refractivity contribution in [3.8, 4) is 0 Å². The van der Waals surface area contributed by atoms with Crippen molar-refractivity contribution < 1.29 is 17.7 Å². The van der Waals surface area contributed by atoms with Crippen molar-refractivity contribution in [2.75, 3.05) is 26.2 Å². The van der Waals surface area contributed by atoms with Crippen LogP contribution in [0.1, 0.15) is 38.1 Å². The Labute approximate surface area is 143 Å². The number of allylic oxidation sites excluding steroid dienone is 1. The van der Waals surface area contributed by atoms with Crippen molar-refractivity contribution in [2.24, 2.45) is 0 Å². The molecule has 7 nitrogen and oxygen atoms in total. The molecule has 134 valence electrons. The van der Waals surface area contributed by atoms with E-state index in [1.165, 1.54) is 4.31 Å². The molecule has 24 heavy (non-hydrogen) atoms. The van der Waals surface area contributed by atoms with Gasteiger partial charge in [-0.25, -0.2) is 8.42 Å². The fourth-order valence-electron chi connectivity index (χ4n) is 2.95. The van der Waals surface area contributed by atoms with Gasteiger partial charge in [-0.2, -0.15) is 4.31 Å². The van der Waals surface area contributed by atoms with E-state index in [1.807, 2.05) is 13.0 Å². The van der Waals surface area contributed by atoms with Crippen molar-refractivity contribution in [3.63, 3.8) is 0 Å². The lowest BCUT2D eigenvalue weighted by molar-refractivity contribution is -0.126. The highest BCUT2D eigenvalue weighted by Crippen LogP contribution is 2.24. The summed E-state index contributed by atoms with van der Waals surface area (Å²) < 4.78 is 32.1. The molecule has 0 aromatic carbocycles. The summed E-state index contributed by atoms with van der Waals surface area (Å²) >= 11 is 0. The number of nitrogens with zero attached hydrogens (tertiary/aromatic N) is 3. The molecule has 1 aromatic rings. The average Bonchev–Trinajstić information content (AvgIpc) is 2.75. The van der Waals surface area contributed by atoms with E-state index < -0.39 is 10.0 Å². The Balaban J connectivity index is 2.16. The highest BCUT2D eigenvalue weighted by Gasteiger charge is 2.32. The molecule has 0 bridgehead atoms. The molecule has 0 aliphatic carbocycles. The van der Waals surface area contributed by atoms with Crippen LogP contribution in [0, 0.1) is 13.8 Å². The molecule has 0 saturated carbocycles. The highest BCUT2D eigenvalue weighted by molar-refractivity contribution is 7.89. The molecular weight excluding hydrogens is 330 g/mol. The number of carbonyl (C=O) groups is 1. The van der Waals surface area contributed by atoms with Crippen LogP contribution in [-0.2, 0) is 14.8 Å². The first-order valence-electron chi connectivity index (χ1n) is 8.18. The first-order valence-corrected chi connectivity index (χ1v) is 9.62. The van der Waals surface area contributed by atoms with Gasteiger partial charge in [-0.15, -0.1) is 0 Å². The smallest absolute Gasteiger partial charge is 0.249 e. The molecule has 0 N–H and O–H groups in total. The van der Waals surface area contributed by atoms with Crippen LogP contribution >= 0.6 is 0 Å². The van der Waals surface area contributed by atoms with Crippen molar-refractivity contribution in [1.29, 1.82) is 0 Å². The molecule has 0 spiro atoms. The summed E-state index contributed by atoms with van der Waals surface area (Å²) in [6.45, 7) is 8.60. The van der Waals surface area contributed by atoms with E-state index in [0.717, 1.165) is 6.42 Å². The zero-order chi connectivity index (χ0) is 17.9. The molecule has 8 heteroatoms. The van der Waals surface area contributed by atoms with Gasteiger partial charge in [0.2, 0.25) is 15.9 Å². The van der Waals surface area contributed by atoms with Crippen LogP contribution in [0.25, 0.3) is 0 Å². The molecular formula is C16H25N3O4S. The van der Waals surface area contributed by atoms with Crippen molar-refractivity contribution >= 4 is 15.9 Å². The maximum absolute atomic E-state index is 12.9. The number of aromatic nitrogens is 1. The maximum Gasteiger partial charge on any atom is 0.249 e. The minimum atomic E-state index is -3.66. The number of carbonyl (C=O) groups excluding carboxylic acids is 1.